The number of hydrogen-bond acceptors (Lipinski definition) is 1. The highest BCUT2D eigenvalue weighted by Crippen LogP contribution is 2.34. The third-order valence-corrected chi connectivity index (χ3v) is 3.62. The summed E-state index contributed by atoms with van der Waals surface area (Å²) in [7, 11) is 0. The largest absolute Gasteiger partial charge is 0.416 e. The van der Waals surface area contributed by atoms with Crippen LogP contribution in [0.1, 0.15) is 11.1 Å². The molecule has 0 bridgehead atoms. The van der Waals surface area contributed by atoms with Gasteiger partial charge in [0.05, 0.1) is 21.3 Å². The fourth-order valence-corrected chi connectivity index (χ4v) is 2.16. The van der Waals surface area contributed by atoms with Crippen molar-refractivity contribution in [1.82, 2.24) is 0 Å². The molecule has 0 radical (unpaired) electrons. The molecule has 2 aromatic carbocycles. The molecule has 0 atom stereocenters. The summed E-state index contributed by atoms with van der Waals surface area (Å²) in [5.41, 5.74) is -0.699. The number of benzene rings is 2. The molecule has 0 saturated carbocycles. The van der Waals surface area contributed by atoms with Gasteiger partial charge in [0, 0.05) is 6.54 Å². The first kappa shape index (κ1) is 15.9. The smallest absolute Gasteiger partial charge is 0.380 e. The lowest BCUT2D eigenvalue weighted by atomic mass is 10.1. The van der Waals surface area contributed by atoms with Crippen LogP contribution in [0.2, 0.25) is 10.0 Å². The van der Waals surface area contributed by atoms with Crippen LogP contribution in [-0.2, 0) is 12.7 Å². The summed E-state index contributed by atoms with van der Waals surface area (Å²) < 4.78 is 51.6. The van der Waals surface area contributed by atoms with Gasteiger partial charge in [-0.15, -0.1) is 0 Å². The summed E-state index contributed by atoms with van der Waals surface area (Å²) in [6.07, 6.45) is -4.63. The number of alkyl halides is 3. The highest BCUT2D eigenvalue weighted by Gasteiger charge is 2.33. The predicted molar refractivity (Wildman–Crippen MR) is 75.2 cm³/mol. The SMILES string of the molecule is Fc1ccc(CNc2cccc(Cl)c2Cl)c(C(F)(F)F)c1. The monoisotopic (exact) mass is 337 g/mol. The van der Waals surface area contributed by atoms with Crippen LogP contribution in [0.3, 0.4) is 0 Å². The van der Waals surface area contributed by atoms with Gasteiger partial charge in [-0.25, -0.2) is 4.39 Å². The van der Waals surface area contributed by atoms with Gasteiger partial charge in [0.15, 0.2) is 0 Å². The van der Waals surface area contributed by atoms with E-state index in [-0.39, 0.29) is 22.2 Å². The maximum atomic E-state index is 13.0. The van der Waals surface area contributed by atoms with E-state index in [0.29, 0.717) is 11.8 Å². The van der Waals surface area contributed by atoms with E-state index < -0.39 is 17.6 Å². The molecule has 0 aliphatic carbocycles. The first-order valence-corrected chi connectivity index (χ1v) is 6.58. The molecule has 0 saturated heterocycles. The third kappa shape index (κ3) is 3.80. The molecule has 2 rings (SSSR count). The van der Waals surface area contributed by atoms with Gasteiger partial charge in [-0.1, -0.05) is 35.3 Å². The average molecular weight is 338 g/mol. The molecule has 0 unspecified atom stereocenters. The van der Waals surface area contributed by atoms with E-state index in [0.717, 1.165) is 12.1 Å². The average Bonchev–Trinajstić information content (AvgIpc) is 2.40. The molecule has 2 aromatic rings. The van der Waals surface area contributed by atoms with Crippen molar-refractivity contribution < 1.29 is 17.6 Å². The lowest BCUT2D eigenvalue weighted by Gasteiger charge is -2.15. The Balaban J connectivity index is 2.26. The van der Waals surface area contributed by atoms with Crippen LogP contribution in [-0.4, -0.2) is 0 Å². The Hall–Kier alpha value is -1.46. The number of hydrogen-bond donors (Lipinski definition) is 1. The van der Waals surface area contributed by atoms with Gasteiger partial charge in [0.25, 0.3) is 0 Å². The third-order valence-electron chi connectivity index (χ3n) is 2.80. The quantitative estimate of drug-likeness (QED) is 0.701. The predicted octanol–water partition coefficient (Wildman–Crippen LogP) is 5.76. The van der Waals surface area contributed by atoms with Crippen molar-refractivity contribution in [2.24, 2.45) is 0 Å². The Labute approximate surface area is 128 Å². The molecule has 7 heteroatoms. The van der Waals surface area contributed by atoms with Crippen LogP contribution in [0.5, 0.6) is 0 Å². The van der Waals surface area contributed by atoms with E-state index >= 15 is 0 Å². The van der Waals surface area contributed by atoms with Crippen molar-refractivity contribution in [3.05, 3.63) is 63.4 Å². The van der Waals surface area contributed by atoms with E-state index in [1.807, 2.05) is 0 Å². The number of rotatable bonds is 3. The Morgan fingerprint density at radius 2 is 1.76 bits per heavy atom. The number of halogens is 6. The van der Waals surface area contributed by atoms with Gasteiger partial charge in [0.2, 0.25) is 0 Å². The van der Waals surface area contributed by atoms with Crippen LogP contribution in [0.15, 0.2) is 36.4 Å². The Bertz CT molecular complexity index is 656. The molecule has 0 aromatic heterocycles. The number of anilines is 1. The van der Waals surface area contributed by atoms with Crippen LogP contribution in [0.4, 0.5) is 23.2 Å². The molecule has 0 heterocycles. The summed E-state index contributed by atoms with van der Waals surface area (Å²) in [5.74, 6) is -0.938. The minimum atomic E-state index is -4.63. The van der Waals surface area contributed by atoms with Gasteiger partial charge in [-0.05, 0) is 29.8 Å². The summed E-state index contributed by atoms with van der Waals surface area (Å²) >= 11 is 11.8. The normalized spacial score (nSPS) is 11.5. The molecule has 0 amide bonds. The van der Waals surface area contributed by atoms with E-state index in [2.05, 4.69) is 5.32 Å². The maximum Gasteiger partial charge on any atom is 0.416 e. The summed E-state index contributed by atoms with van der Waals surface area (Å²) in [4.78, 5) is 0. The highest BCUT2D eigenvalue weighted by molar-refractivity contribution is 6.43. The molecular formula is C14H9Cl2F4N. The molecule has 0 aliphatic rings. The van der Waals surface area contributed by atoms with Crippen LogP contribution in [0.25, 0.3) is 0 Å². The zero-order valence-corrected chi connectivity index (χ0v) is 12.0. The Morgan fingerprint density at radius 1 is 1.05 bits per heavy atom. The van der Waals surface area contributed by atoms with E-state index in [1.54, 1.807) is 18.2 Å². The summed E-state index contributed by atoms with van der Waals surface area (Å²) in [6.45, 7) is -0.158. The van der Waals surface area contributed by atoms with Gasteiger partial charge >= 0.3 is 6.18 Å². The van der Waals surface area contributed by atoms with Gasteiger partial charge in [-0.2, -0.15) is 13.2 Å². The topological polar surface area (TPSA) is 12.0 Å². The molecule has 1 N–H and O–H groups in total. The van der Waals surface area contributed by atoms with Crippen molar-refractivity contribution in [3.8, 4) is 0 Å². The van der Waals surface area contributed by atoms with Crippen molar-refractivity contribution in [3.63, 3.8) is 0 Å². The van der Waals surface area contributed by atoms with Gasteiger partial charge < -0.3 is 5.32 Å². The summed E-state index contributed by atoms with van der Waals surface area (Å²) in [5, 5.41) is 3.27. The standard InChI is InChI=1S/C14H9Cl2F4N/c15-11-2-1-3-12(13(11)16)21-7-8-4-5-9(17)6-10(8)14(18,19)20/h1-6,21H,7H2. The fraction of sp³-hybridized carbons (Fsp3) is 0.143. The van der Waals surface area contributed by atoms with Crippen LogP contribution < -0.4 is 5.32 Å². The minimum absolute atomic E-state index is 0.0834. The second kappa shape index (κ2) is 6.12. The number of nitrogens with one attached hydrogen (secondary N) is 1. The van der Waals surface area contributed by atoms with Crippen LogP contribution >= 0.6 is 23.2 Å². The molecule has 0 spiro atoms. The summed E-state index contributed by atoms with van der Waals surface area (Å²) in [6, 6.07) is 7.30. The molecule has 0 fully saturated rings. The van der Waals surface area contributed by atoms with Crippen molar-refractivity contribution in [1.29, 1.82) is 0 Å². The molecule has 1 nitrogen and oxygen atoms in total. The van der Waals surface area contributed by atoms with E-state index in [9.17, 15) is 17.6 Å². The lowest BCUT2D eigenvalue weighted by molar-refractivity contribution is -0.138. The van der Waals surface area contributed by atoms with Gasteiger partial charge in [0.1, 0.15) is 5.82 Å². The molecule has 112 valence electrons. The molecule has 0 aliphatic heterocycles. The maximum absolute atomic E-state index is 13.0. The molecule has 21 heavy (non-hydrogen) atoms. The lowest BCUT2D eigenvalue weighted by Crippen LogP contribution is -2.12. The second-order valence-corrected chi connectivity index (χ2v) is 5.04. The highest BCUT2D eigenvalue weighted by atomic mass is 35.5. The zero-order valence-electron chi connectivity index (χ0n) is 10.4. The van der Waals surface area contributed by atoms with Gasteiger partial charge in [-0.3, -0.25) is 0 Å². The molecular weight excluding hydrogens is 329 g/mol. The Kier molecular flexibility index (Phi) is 4.64. The first-order chi connectivity index (χ1) is 9.79. The van der Waals surface area contributed by atoms with E-state index in [4.69, 9.17) is 23.2 Å². The Morgan fingerprint density at radius 3 is 2.43 bits per heavy atom. The van der Waals surface area contributed by atoms with Crippen LogP contribution in [0, 0.1) is 5.82 Å². The first-order valence-electron chi connectivity index (χ1n) is 5.82. The van der Waals surface area contributed by atoms with Crippen molar-refractivity contribution in [2.45, 2.75) is 12.7 Å². The fourth-order valence-electron chi connectivity index (χ4n) is 1.80. The second-order valence-electron chi connectivity index (χ2n) is 4.25. The van der Waals surface area contributed by atoms with Crippen molar-refractivity contribution >= 4 is 28.9 Å². The zero-order chi connectivity index (χ0) is 15.6. The van der Waals surface area contributed by atoms with E-state index in [1.165, 1.54) is 0 Å². The minimum Gasteiger partial charge on any atom is -0.380 e. The van der Waals surface area contributed by atoms with Crippen molar-refractivity contribution in [2.75, 3.05) is 5.32 Å².